The third kappa shape index (κ3) is 2.68. The SMILES string of the molecule is COC(=O)C1(C)CCC(C(C)(C)C(=O)OC)CC1. The van der Waals surface area contributed by atoms with Crippen molar-refractivity contribution in [2.45, 2.75) is 46.5 Å². The van der Waals surface area contributed by atoms with Crippen LogP contribution in [0, 0.1) is 16.7 Å². The molecule has 0 bridgehead atoms. The minimum atomic E-state index is -0.480. The molecule has 0 radical (unpaired) electrons. The Bertz CT molecular complexity index is 325. The van der Waals surface area contributed by atoms with Crippen LogP contribution in [0.1, 0.15) is 46.5 Å². The van der Waals surface area contributed by atoms with Crippen molar-refractivity contribution < 1.29 is 19.1 Å². The van der Waals surface area contributed by atoms with Gasteiger partial charge in [0, 0.05) is 0 Å². The summed E-state index contributed by atoms with van der Waals surface area (Å²) < 4.78 is 9.71. The van der Waals surface area contributed by atoms with Crippen molar-refractivity contribution in [2.24, 2.45) is 16.7 Å². The van der Waals surface area contributed by atoms with Gasteiger partial charge in [-0.1, -0.05) is 0 Å². The molecule has 18 heavy (non-hydrogen) atoms. The molecule has 0 saturated heterocycles. The summed E-state index contributed by atoms with van der Waals surface area (Å²) >= 11 is 0. The molecular weight excluding hydrogens is 232 g/mol. The predicted molar refractivity (Wildman–Crippen MR) is 67.9 cm³/mol. The summed E-state index contributed by atoms with van der Waals surface area (Å²) in [7, 11) is 2.85. The molecule has 0 aromatic rings. The van der Waals surface area contributed by atoms with E-state index in [1.54, 1.807) is 0 Å². The largest absolute Gasteiger partial charge is 0.469 e. The fourth-order valence-corrected chi connectivity index (χ4v) is 2.86. The van der Waals surface area contributed by atoms with E-state index in [0.29, 0.717) is 0 Å². The summed E-state index contributed by atoms with van der Waals surface area (Å²) in [6.07, 6.45) is 3.25. The van der Waals surface area contributed by atoms with Crippen LogP contribution in [0.3, 0.4) is 0 Å². The van der Waals surface area contributed by atoms with E-state index in [-0.39, 0.29) is 17.9 Å². The van der Waals surface area contributed by atoms with Gasteiger partial charge in [0.25, 0.3) is 0 Å². The number of carbonyl (C=O) groups excluding carboxylic acids is 2. The van der Waals surface area contributed by atoms with E-state index in [1.807, 2.05) is 20.8 Å². The highest BCUT2D eigenvalue weighted by Crippen LogP contribution is 2.46. The van der Waals surface area contributed by atoms with E-state index in [2.05, 4.69) is 0 Å². The van der Waals surface area contributed by atoms with Crippen LogP contribution in [0.2, 0.25) is 0 Å². The highest BCUT2D eigenvalue weighted by atomic mass is 16.5. The van der Waals surface area contributed by atoms with Gasteiger partial charge in [-0.2, -0.15) is 0 Å². The molecule has 0 aromatic carbocycles. The third-order valence-electron chi connectivity index (χ3n) is 4.50. The van der Waals surface area contributed by atoms with E-state index in [0.717, 1.165) is 25.7 Å². The predicted octanol–water partition coefficient (Wildman–Crippen LogP) is 2.56. The lowest BCUT2D eigenvalue weighted by atomic mass is 9.64. The molecule has 0 unspecified atom stereocenters. The van der Waals surface area contributed by atoms with Gasteiger partial charge in [-0.25, -0.2) is 0 Å². The van der Waals surface area contributed by atoms with Gasteiger partial charge < -0.3 is 9.47 Å². The van der Waals surface area contributed by atoms with Crippen molar-refractivity contribution in [3.8, 4) is 0 Å². The molecule has 1 saturated carbocycles. The van der Waals surface area contributed by atoms with E-state index < -0.39 is 10.8 Å². The van der Waals surface area contributed by atoms with Gasteiger partial charge in [-0.15, -0.1) is 0 Å². The molecular formula is C14H24O4. The molecule has 4 heteroatoms. The normalized spacial score (nSPS) is 28.6. The van der Waals surface area contributed by atoms with Crippen molar-refractivity contribution in [2.75, 3.05) is 14.2 Å². The van der Waals surface area contributed by atoms with Gasteiger partial charge in [0.1, 0.15) is 0 Å². The minimum Gasteiger partial charge on any atom is -0.469 e. The van der Waals surface area contributed by atoms with Crippen molar-refractivity contribution in [3.05, 3.63) is 0 Å². The zero-order valence-corrected chi connectivity index (χ0v) is 12.0. The fraction of sp³-hybridized carbons (Fsp3) is 0.857. The van der Waals surface area contributed by atoms with Gasteiger partial charge >= 0.3 is 11.9 Å². The molecule has 0 aliphatic heterocycles. The maximum atomic E-state index is 11.8. The molecule has 0 aromatic heterocycles. The molecule has 1 aliphatic carbocycles. The first-order chi connectivity index (χ1) is 8.28. The zero-order valence-electron chi connectivity index (χ0n) is 12.0. The number of hydrogen-bond acceptors (Lipinski definition) is 4. The number of esters is 2. The van der Waals surface area contributed by atoms with Crippen LogP contribution in [0.25, 0.3) is 0 Å². The Labute approximate surface area is 109 Å². The lowest BCUT2D eigenvalue weighted by Gasteiger charge is -2.40. The van der Waals surface area contributed by atoms with Crippen LogP contribution in [-0.4, -0.2) is 26.2 Å². The average Bonchev–Trinajstić information content (AvgIpc) is 2.37. The average molecular weight is 256 g/mol. The first-order valence-corrected chi connectivity index (χ1v) is 6.45. The number of ether oxygens (including phenoxy) is 2. The number of hydrogen-bond donors (Lipinski definition) is 0. The lowest BCUT2D eigenvalue weighted by Crippen LogP contribution is -2.41. The Morgan fingerprint density at radius 1 is 1.11 bits per heavy atom. The van der Waals surface area contributed by atoms with Gasteiger partial charge in [-0.3, -0.25) is 9.59 Å². The highest BCUT2D eigenvalue weighted by Gasteiger charge is 2.45. The van der Waals surface area contributed by atoms with Gasteiger partial charge in [0.15, 0.2) is 0 Å². The van der Waals surface area contributed by atoms with Crippen molar-refractivity contribution >= 4 is 11.9 Å². The van der Waals surface area contributed by atoms with Crippen LogP contribution < -0.4 is 0 Å². The fourth-order valence-electron chi connectivity index (χ4n) is 2.86. The van der Waals surface area contributed by atoms with Gasteiger partial charge in [0.05, 0.1) is 25.0 Å². The molecule has 104 valence electrons. The molecule has 1 aliphatic rings. The smallest absolute Gasteiger partial charge is 0.311 e. The van der Waals surface area contributed by atoms with Crippen LogP contribution >= 0.6 is 0 Å². The highest BCUT2D eigenvalue weighted by molar-refractivity contribution is 5.77. The summed E-state index contributed by atoms with van der Waals surface area (Å²) in [6.45, 7) is 5.79. The van der Waals surface area contributed by atoms with Crippen molar-refractivity contribution in [1.29, 1.82) is 0 Å². The second kappa shape index (κ2) is 5.29. The molecule has 0 amide bonds. The maximum absolute atomic E-state index is 11.8. The number of rotatable bonds is 3. The third-order valence-corrected chi connectivity index (χ3v) is 4.50. The standard InChI is InChI=1S/C14H24O4/c1-13(2,11(15)17-4)10-6-8-14(3,9-7-10)12(16)18-5/h10H,6-9H2,1-5H3. The van der Waals surface area contributed by atoms with E-state index in [1.165, 1.54) is 14.2 Å². The molecule has 1 fully saturated rings. The summed E-state index contributed by atoms with van der Waals surface area (Å²) in [4.78, 5) is 23.5. The summed E-state index contributed by atoms with van der Waals surface area (Å²) in [5.74, 6) is -0.0475. The minimum absolute atomic E-state index is 0.142. The van der Waals surface area contributed by atoms with Crippen molar-refractivity contribution in [3.63, 3.8) is 0 Å². The molecule has 0 spiro atoms. The first kappa shape index (κ1) is 15.0. The van der Waals surface area contributed by atoms with E-state index in [4.69, 9.17) is 9.47 Å². The Morgan fingerprint density at radius 2 is 1.61 bits per heavy atom. The van der Waals surface area contributed by atoms with Gasteiger partial charge in [0.2, 0.25) is 0 Å². The topological polar surface area (TPSA) is 52.6 Å². The molecule has 0 atom stereocenters. The second-order valence-corrected chi connectivity index (χ2v) is 6.04. The first-order valence-electron chi connectivity index (χ1n) is 6.45. The number of carbonyl (C=O) groups is 2. The van der Waals surface area contributed by atoms with Crippen LogP contribution in [0.5, 0.6) is 0 Å². The number of methoxy groups -OCH3 is 2. The zero-order chi connectivity index (χ0) is 14.0. The summed E-state index contributed by atoms with van der Waals surface area (Å²) in [5.41, 5.74) is -0.871. The molecule has 1 rings (SSSR count). The molecule has 4 nitrogen and oxygen atoms in total. The molecule has 0 N–H and O–H groups in total. The van der Waals surface area contributed by atoms with Crippen LogP contribution in [0.4, 0.5) is 0 Å². The Kier molecular flexibility index (Phi) is 4.41. The van der Waals surface area contributed by atoms with E-state index >= 15 is 0 Å². The quantitative estimate of drug-likeness (QED) is 0.728. The van der Waals surface area contributed by atoms with Crippen molar-refractivity contribution in [1.82, 2.24) is 0 Å². The van der Waals surface area contributed by atoms with Gasteiger partial charge in [-0.05, 0) is 52.4 Å². The van der Waals surface area contributed by atoms with Crippen LogP contribution in [0.15, 0.2) is 0 Å². The molecule has 0 heterocycles. The summed E-state index contributed by atoms with van der Waals surface area (Å²) in [6, 6.07) is 0. The Hall–Kier alpha value is -1.06. The second-order valence-electron chi connectivity index (χ2n) is 6.04. The lowest BCUT2D eigenvalue weighted by molar-refractivity contribution is -0.159. The Balaban J connectivity index is 2.69. The Morgan fingerprint density at radius 3 is 2.00 bits per heavy atom. The van der Waals surface area contributed by atoms with E-state index in [9.17, 15) is 9.59 Å². The summed E-state index contributed by atoms with van der Waals surface area (Å²) in [5, 5.41) is 0. The van der Waals surface area contributed by atoms with Crippen LogP contribution in [-0.2, 0) is 19.1 Å². The maximum Gasteiger partial charge on any atom is 0.311 e. The monoisotopic (exact) mass is 256 g/mol.